The number of aryl methyl sites for hydroxylation is 1. The lowest BCUT2D eigenvalue weighted by molar-refractivity contribution is 0.538. The number of hydrogen-bond donors (Lipinski definition) is 1. The summed E-state index contributed by atoms with van der Waals surface area (Å²) in [6, 6.07) is 6.92. The van der Waals surface area contributed by atoms with Crippen LogP contribution in [0.25, 0.3) is 0 Å². The molecule has 0 saturated heterocycles. The molecule has 80 valence electrons. The molecule has 14 heavy (non-hydrogen) atoms. The molecule has 0 fully saturated rings. The Morgan fingerprint density at radius 2 is 1.86 bits per heavy atom. The summed E-state index contributed by atoms with van der Waals surface area (Å²) >= 11 is 0. The van der Waals surface area contributed by atoms with E-state index in [1.807, 2.05) is 12.1 Å². The van der Waals surface area contributed by atoms with Gasteiger partial charge in [0.2, 0.25) is 0 Å². The first-order chi connectivity index (χ1) is 6.30. The Labute approximate surface area is 89.0 Å². The molecule has 1 aromatic rings. The topological polar surface area (TPSA) is 37.3 Å². The maximum atomic E-state index is 11.6. The van der Waals surface area contributed by atoms with Crippen LogP contribution in [0, 0.1) is 0 Å². The largest absolute Gasteiger partial charge is 0.286 e. The van der Waals surface area contributed by atoms with Crippen molar-refractivity contribution in [3.8, 4) is 0 Å². The average molecular weight is 235 g/mol. The number of halogens is 1. The standard InChI is InChI=1S/C10H15ClO2S/c1-3-4-9-5-7-10(8-6-9)14(2,11,12)13/h5-8H,3-4H2,1-2H3,(H,12,13). The first-order valence-electron chi connectivity index (χ1n) is 4.50. The van der Waals surface area contributed by atoms with Crippen LogP contribution in [0.15, 0.2) is 29.2 Å². The van der Waals surface area contributed by atoms with Crippen LogP contribution in [-0.2, 0) is 15.0 Å². The van der Waals surface area contributed by atoms with Crippen molar-refractivity contribution >= 4 is 19.2 Å². The van der Waals surface area contributed by atoms with Gasteiger partial charge in [-0.25, -0.2) is 0 Å². The predicted molar refractivity (Wildman–Crippen MR) is 61.3 cm³/mol. The Hall–Kier alpha value is -0.380. The number of benzene rings is 1. The van der Waals surface area contributed by atoms with Crippen molar-refractivity contribution in [2.45, 2.75) is 24.7 Å². The van der Waals surface area contributed by atoms with Crippen LogP contribution in [0.5, 0.6) is 0 Å². The molecule has 0 saturated carbocycles. The maximum absolute atomic E-state index is 11.6. The smallest absolute Gasteiger partial charge is 0.0694 e. The molecular weight excluding hydrogens is 220 g/mol. The fraction of sp³-hybridized carbons (Fsp3) is 0.400. The molecule has 4 heteroatoms. The van der Waals surface area contributed by atoms with E-state index in [2.05, 4.69) is 6.92 Å². The third-order valence-corrected chi connectivity index (χ3v) is 3.85. The lowest BCUT2D eigenvalue weighted by Gasteiger charge is -2.30. The normalized spacial score (nSPS) is 14.7. The molecular formula is C10H15ClO2S. The van der Waals surface area contributed by atoms with Gasteiger partial charge in [-0.05, 0) is 24.1 Å². The molecule has 0 radical (unpaired) electrons. The van der Waals surface area contributed by atoms with Crippen molar-refractivity contribution in [2.24, 2.45) is 0 Å². The molecule has 0 aliphatic carbocycles. The Balaban J connectivity index is 3.01. The van der Waals surface area contributed by atoms with Gasteiger partial charge < -0.3 is 0 Å². The van der Waals surface area contributed by atoms with Gasteiger partial charge in [-0.2, -0.15) is 4.21 Å². The van der Waals surface area contributed by atoms with Crippen molar-refractivity contribution in [1.29, 1.82) is 0 Å². The van der Waals surface area contributed by atoms with Gasteiger partial charge in [-0.15, -0.1) is 0 Å². The van der Waals surface area contributed by atoms with E-state index in [1.165, 1.54) is 0 Å². The molecule has 2 nitrogen and oxygen atoms in total. The second kappa shape index (κ2) is 3.65. The van der Waals surface area contributed by atoms with Gasteiger partial charge in [-0.1, -0.05) is 34.0 Å². The highest BCUT2D eigenvalue weighted by Crippen LogP contribution is 2.33. The molecule has 0 bridgehead atoms. The van der Waals surface area contributed by atoms with Gasteiger partial charge in [0.15, 0.2) is 0 Å². The highest BCUT2D eigenvalue weighted by Gasteiger charge is 2.19. The van der Waals surface area contributed by atoms with Gasteiger partial charge in [0.1, 0.15) is 0 Å². The number of hydrogen-bond acceptors (Lipinski definition) is 1. The van der Waals surface area contributed by atoms with Gasteiger partial charge in [-0.3, -0.25) is 4.55 Å². The summed E-state index contributed by atoms with van der Waals surface area (Å²) in [5, 5.41) is 0. The van der Waals surface area contributed by atoms with E-state index in [0.717, 1.165) is 24.7 Å². The third kappa shape index (κ3) is 3.08. The van der Waals surface area contributed by atoms with Crippen LogP contribution in [0.3, 0.4) is 0 Å². The lowest BCUT2D eigenvalue weighted by Crippen LogP contribution is -2.21. The Bertz CT molecular complexity index is 367. The van der Waals surface area contributed by atoms with E-state index in [1.54, 1.807) is 12.1 Å². The Kier molecular flexibility index (Phi) is 3.04. The minimum Gasteiger partial charge on any atom is -0.286 e. The van der Waals surface area contributed by atoms with Crippen LogP contribution in [0.4, 0.5) is 0 Å². The van der Waals surface area contributed by atoms with Crippen LogP contribution < -0.4 is 0 Å². The maximum Gasteiger partial charge on any atom is 0.0694 e. The van der Waals surface area contributed by atoms with Crippen molar-refractivity contribution in [3.63, 3.8) is 0 Å². The van der Waals surface area contributed by atoms with Crippen molar-refractivity contribution in [2.75, 3.05) is 6.26 Å². The highest BCUT2D eigenvalue weighted by molar-refractivity contribution is 8.33. The lowest BCUT2D eigenvalue weighted by atomic mass is 10.1. The molecule has 1 rings (SSSR count). The fourth-order valence-electron chi connectivity index (χ4n) is 1.25. The molecule has 0 unspecified atom stereocenters. The quantitative estimate of drug-likeness (QED) is 0.817. The Morgan fingerprint density at radius 1 is 1.36 bits per heavy atom. The van der Waals surface area contributed by atoms with Crippen molar-refractivity contribution < 1.29 is 8.76 Å². The molecule has 1 aromatic carbocycles. The molecule has 0 amide bonds. The third-order valence-electron chi connectivity index (χ3n) is 1.99. The Morgan fingerprint density at radius 3 is 2.21 bits per heavy atom. The molecule has 1 N–H and O–H groups in total. The zero-order valence-electron chi connectivity index (χ0n) is 8.37. The number of rotatable bonds is 3. The zero-order chi connectivity index (χ0) is 10.8. The van der Waals surface area contributed by atoms with Gasteiger partial charge in [0.05, 0.1) is 4.90 Å². The van der Waals surface area contributed by atoms with E-state index >= 15 is 0 Å². The fourth-order valence-corrected chi connectivity index (χ4v) is 2.30. The summed E-state index contributed by atoms with van der Waals surface area (Å²) in [4.78, 5) is 0.281. The molecule has 0 aliphatic rings. The molecule has 0 heterocycles. The second-order valence-electron chi connectivity index (χ2n) is 3.56. The summed E-state index contributed by atoms with van der Waals surface area (Å²) in [6.07, 6.45) is 3.18. The van der Waals surface area contributed by atoms with Gasteiger partial charge >= 0.3 is 0 Å². The van der Waals surface area contributed by atoms with Crippen LogP contribution in [-0.4, -0.2) is 15.0 Å². The highest BCUT2D eigenvalue weighted by atomic mass is 35.7. The van der Waals surface area contributed by atoms with Crippen LogP contribution in [0.1, 0.15) is 18.9 Å². The van der Waals surface area contributed by atoms with E-state index in [0.29, 0.717) is 0 Å². The summed E-state index contributed by atoms with van der Waals surface area (Å²) in [5.41, 5.74) is 1.16. The van der Waals surface area contributed by atoms with Crippen molar-refractivity contribution in [3.05, 3.63) is 29.8 Å². The molecule has 0 spiro atoms. The summed E-state index contributed by atoms with van der Waals surface area (Å²) in [6.45, 7) is 2.09. The molecule has 0 aliphatic heterocycles. The van der Waals surface area contributed by atoms with Crippen LogP contribution >= 0.6 is 10.7 Å². The van der Waals surface area contributed by atoms with E-state index in [4.69, 9.17) is 10.7 Å². The monoisotopic (exact) mass is 234 g/mol. The average Bonchev–Trinajstić information content (AvgIpc) is 2.03. The first-order valence-corrected chi connectivity index (χ1v) is 7.66. The van der Waals surface area contributed by atoms with E-state index in [-0.39, 0.29) is 4.90 Å². The SMILES string of the molecule is CCCc1ccc(S(C)(=O)(O)Cl)cc1. The summed E-state index contributed by atoms with van der Waals surface area (Å²) in [5.74, 6) is 0. The first kappa shape index (κ1) is 11.7. The van der Waals surface area contributed by atoms with E-state index < -0.39 is 8.56 Å². The molecule has 0 aromatic heterocycles. The minimum atomic E-state index is -4.08. The predicted octanol–water partition coefficient (Wildman–Crippen LogP) is 3.07. The summed E-state index contributed by atoms with van der Waals surface area (Å²) in [7, 11) is 1.47. The van der Waals surface area contributed by atoms with E-state index in [9.17, 15) is 8.76 Å². The summed E-state index contributed by atoms with van der Waals surface area (Å²) < 4.78 is 21.1. The zero-order valence-corrected chi connectivity index (χ0v) is 9.94. The van der Waals surface area contributed by atoms with Crippen LogP contribution in [0.2, 0.25) is 0 Å². The van der Waals surface area contributed by atoms with Gasteiger partial charge in [0, 0.05) is 16.9 Å². The van der Waals surface area contributed by atoms with Crippen molar-refractivity contribution in [1.82, 2.24) is 0 Å². The molecule has 0 atom stereocenters. The van der Waals surface area contributed by atoms with Gasteiger partial charge in [0.25, 0.3) is 0 Å². The second-order valence-corrected chi connectivity index (χ2v) is 8.54. The minimum absolute atomic E-state index is 0.281.